The Morgan fingerprint density at radius 2 is 1.71 bits per heavy atom. The number of fused-ring (bicyclic) bond motifs is 2. The molecule has 13 nitrogen and oxygen atoms in total. The highest BCUT2D eigenvalue weighted by Gasteiger charge is 2.36. The third kappa shape index (κ3) is 9.57. The molecule has 0 aliphatic carbocycles. The van der Waals surface area contributed by atoms with Gasteiger partial charge in [-0.2, -0.15) is 0 Å². The van der Waals surface area contributed by atoms with Crippen molar-refractivity contribution in [1.29, 1.82) is 0 Å². The van der Waals surface area contributed by atoms with Gasteiger partial charge in [0.1, 0.15) is 29.4 Å². The number of amides is 4. The van der Waals surface area contributed by atoms with Crippen LogP contribution in [0.15, 0.2) is 46.9 Å². The summed E-state index contributed by atoms with van der Waals surface area (Å²) in [7, 11) is 0. The molecule has 5 rings (SSSR count). The van der Waals surface area contributed by atoms with Crippen LogP contribution in [0.4, 0.5) is 0 Å². The van der Waals surface area contributed by atoms with Gasteiger partial charge in [0, 0.05) is 31.6 Å². The molecule has 6 N–H and O–H groups in total. The quantitative estimate of drug-likeness (QED) is 0.151. The van der Waals surface area contributed by atoms with Gasteiger partial charge >= 0.3 is 0 Å². The van der Waals surface area contributed by atoms with Gasteiger partial charge < -0.3 is 40.9 Å². The minimum absolute atomic E-state index is 0.00981. The van der Waals surface area contributed by atoms with Gasteiger partial charge in [0.25, 0.3) is 0 Å². The zero-order valence-electron chi connectivity index (χ0n) is 28.3. The van der Waals surface area contributed by atoms with Crippen molar-refractivity contribution in [2.45, 2.75) is 89.4 Å². The van der Waals surface area contributed by atoms with Crippen LogP contribution >= 0.6 is 0 Å². The Kier molecular flexibility index (Phi) is 12.6. The molecule has 1 saturated heterocycles. The number of ether oxygens (including phenoxy) is 2. The molecule has 0 bridgehead atoms. The van der Waals surface area contributed by atoms with Gasteiger partial charge in [-0.15, -0.1) is 0 Å². The number of nitrogens with one attached hydrogen (secondary N) is 4. The molecule has 0 saturated carbocycles. The monoisotopic (exact) mass is 676 g/mol. The Hall–Kier alpha value is -4.49. The van der Waals surface area contributed by atoms with Gasteiger partial charge in [0.2, 0.25) is 23.6 Å². The lowest BCUT2D eigenvalue weighted by atomic mass is 9.90. The van der Waals surface area contributed by atoms with Crippen LogP contribution in [0.1, 0.15) is 74.9 Å². The fourth-order valence-corrected chi connectivity index (χ4v) is 6.34. The Balaban J connectivity index is 1.34. The minimum Gasteiger partial charge on any atom is -0.493 e. The normalized spacial score (nSPS) is 18.0. The van der Waals surface area contributed by atoms with E-state index < -0.39 is 29.9 Å². The molecule has 4 amide bonds. The van der Waals surface area contributed by atoms with Gasteiger partial charge in [0.15, 0.2) is 11.5 Å². The van der Waals surface area contributed by atoms with Crippen molar-refractivity contribution in [2.24, 2.45) is 11.7 Å². The predicted molar refractivity (Wildman–Crippen MR) is 182 cm³/mol. The first-order valence-electron chi connectivity index (χ1n) is 17.3. The van der Waals surface area contributed by atoms with E-state index in [1.165, 1.54) is 0 Å². The van der Waals surface area contributed by atoms with E-state index in [2.05, 4.69) is 26.3 Å². The fourth-order valence-electron chi connectivity index (χ4n) is 6.34. The maximum Gasteiger partial charge on any atom is 0.243 e. The van der Waals surface area contributed by atoms with Crippen molar-refractivity contribution in [1.82, 2.24) is 26.3 Å². The van der Waals surface area contributed by atoms with E-state index in [4.69, 9.17) is 19.6 Å². The summed E-state index contributed by atoms with van der Waals surface area (Å²) in [4.78, 5) is 58.9. The number of aromatic nitrogens is 1. The Labute approximate surface area is 286 Å². The van der Waals surface area contributed by atoms with Gasteiger partial charge in [-0.05, 0) is 75.3 Å². The van der Waals surface area contributed by atoms with Crippen molar-refractivity contribution in [2.75, 3.05) is 26.4 Å². The third-order valence-electron chi connectivity index (χ3n) is 9.11. The Morgan fingerprint density at radius 1 is 0.918 bits per heavy atom. The number of aryl methyl sites for hydroxylation is 1. The molecule has 4 atom stereocenters. The highest BCUT2D eigenvalue weighted by molar-refractivity contribution is 5.94. The summed E-state index contributed by atoms with van der Waals surface area (Å²) in [5.74, 6) is -0.900. The van der Waals surface area contributed by atoms with E-state index in [9.17, 15) is 19.2 Å². The molecule has 2 aromatic carbocycles. The summed E-state index contributed by atoms with van der Waals surface area (Å²) in [5.41, 5.74) is 8.86. The summed E-state index contributed by atoms with van der Waals surface area (Å²) < 4.78 is 17.2. The number of carbonyl (C=O) groups is 4. The maximum atomic E-state index is 14.1. The second-order valence-corrected chi connectivity index (χ2v) is 12.8. The zero-order valence-corrected chi connectivity index (χ0v) is 28.3. The van der Waals surface area contributed by atoms with Crippen LogP contribution in [-0.4, -0.2) is 73.1 Å². The minimum atomic E-state index is -1.05. The average molecular weight is 677 g/mol. The molecular formula is C36H48N6O7. The first-order valence-corrected chi connectivity index (χ1v) is 17.3. The van der Waals surface area contributed by atoms with E-state index in [0.717, 1.165) is 16.9 Å². The SMILES string of the molecule is CCC(=O)N[C@@H](Cc1nc2ccc(C)cc2o1)C(=O)N[C@H](C(=O)N[C@@H](CCCCN)C(=O)N[C@@H]1CCOc2ccccc21)C1CCOCC1. The molecule has 264 valence electrons. The van der Waals surface area contributed by atoms with Gasteiger partial charge in [-0.3, -0.25) is 19.2 Å². The maximum absolute atomic E-state index is 14.1. The number of unbranched alkanes of at least 4 members (excludes halogenated alkanes) is 1. The zero-order chi connectivity index (χ0) is 34.8. The smallest absolute Gasteiger partial charge is 0.243 e. The molecule has 49 heavy (non-hydrogen) atoms. The van der Waals surface area contributed by atoms with Crippen molar-refractivity contribution >= 4 is 34.7 Å². The van der Waals surface area contributed by atoms with Gasteiger partial charge in [-0.25, -0.2) is 4.98 Å². The van der Waals surface area contributed by atoms with Crippen LogP contribution in [-0.2, 0) is 30.3 Å². The fraction of sp³-hybridized carbons (Fsp3) is 0.528. The highest BCUT2D eigenvalue weighted by atomic mass is 16.5. The molecule has 13 heteroatoms. The molecule has 0 unspecified atom stereocenters. The van der Waals surface area contributed by atoms with E-state index in [-0.39, 0.29) is 42.5 Å². The van der Waals surface area contributed by atoms with Crippen molar-refractivity contribution in [3.8, 4) is 5.75 Å². The summed E-state index contributed by atoms with van der Waals surface area (Å²) in [6.07, 6.45) is 3.52. The lowest BCUT2D eigenvalue weighted by Gasteiger charge is -2.33. The van der Waals surface area contributed by atoms with Gasteiger partial charge in [-0.1, -0.05) is 31.2 Å². The van der Waals surface area contributed by atoms with Crippen LogP contribution < -0.4 is 31.7 Å². The first kappa shape index (κ1) is 35.8. The molecule has 3 aromatic rings. The number of hydrogen-bond acceptors (Lipinski definition) is 9. The van der Waals surface area contributed by atoms with Crippen LogP contribution in [0.25, 0.3) is 11.1 Å². The van der Waals surface area contributed by atoms with E-state index in [0.29, 0.717) is 76.0 Å². The Morgan fingerprint density at radius 3 is 2.49 bits per heavy atom. The molecule has 1 fully saturated rings. The summed E-state index contributed by atoms with van der Waals surface area (Å²) in [6, 6.07) is 10.0. The van der Waals surface area contributed by atoms with Crippen molar-refractivity contribution in [3.63, 3.8) is 0 Å². The molecule has 2 aliphatic rings. The topological polar surface area (TPSA) is 187 Å². The number of carbonyl (C=O) groups excluding carboxylic acids is 4. The standard InChI is InChI=1S/C36H48N6O7/c1-3-31(43)38-28(21-32-39-26-12-11-22(2)20-30(26)49-32)35(45)42-33(23-13-17-47-18-14-23)36(46)41-27(9-6-7-16-37)34(44)40-25-15-19-48-29-10-5-4-8-24(25)29/h4-5,8,10-12,20,23,25,27-28,33H,3,6-7,9,13-19,21,37H2,1-2H3,(H,38,43)(H,40,44)(H,41,46)(H,42,45)/t25-,27+,28+,33+/m1/s1. The molecule has 0 spiro atoms. The van der Waals surface area contributed by atoms with E-state index >= 15 is 0 Å². The predicted octanol–water partition coefficient (Wildman–Crippen LogP) is 2.74. The second kappa shape index (κ2) is 17.3. The largest absolute Gasteiger partial charge is 0.493 e. The van der Waals surface area contributed by atoms with Crippen LogP contribution in [0.3, 0.4) is 0 Å². The van der Waals surface area contributed by atoms with E-state index in [1.54, 1.807) is 6.92 Å². The third-order valence-corrected chi connectivity index (χ3v) is 9.11. The number of hydrogen-bond donors (Lipinski definition) is 5. The average Bonchev–Trinajstić information content (AvgIpc) is 3.51. The van der Waals surface area contributed by atoms with Gasteiger partial charge in [0.05, 0.1) is 19.1 Å². The number of oxazole rings is 1. The second-order valence-electron chi connectivity index (χ2n) is 12.8. The lowest BCUT2D eigenvalue weighted by molar-refractivity contribution is -0.135. The van der Waals surface area contributed by atoms with Crippen molar-refractivity contribution in [3.05, 3.63) is 59.5 Å². The molecule has 2 aliphatic heterocycles. The van der Waals surface area contributed by atoms with E-state index in [1.807, 2.05) is 49.4 Å². The van der Waals surface area contributed by atoms with Crippen LogP contribution in [0.5, 0.6) is 5.75 Å². The summed E-state index contributed by atoms with van der Waals surface area (Å²) >= 11 is 0. The summed E-state index contributed by atoms with van der Waals surface area (Å²) in [5, 5.41) is 11.8. The van der Waals surface area contributed by atoms with Crippen LogP contribution in [0, 0.1) is 12.8 Å². The van der Waals surface area contributed by atoms with Crippen LogP contribution in [0.2, 0.25) is 0 Å². The number of benzene rings is 2. The number of nitrogens with zero attached hydrogens (tertiary/aromatic N) is 1. The summed E-state index contributed by atoms with van der Waals surface area (Å²) in [6.45, 7) is 5.43. The molecule has 0 radical (unpaired) electrons. The van der Waals surface area contributed by atoms with Crippen molar-refractivity contribution < 1.29 is 33.1 Å². The highest BCUT2D eigenvalue weighted by Crippen LogP contribution is 2.31. The number of para-hydroxylation sites is 1. The molecule has 1 aromatic heterocycles. The first-order chi connectivity index (χ1) is 23.7. The molecule has 3 heterocycles. The lowest BCUT2D eigenvalue weighted by Crippen LogP contribution is -2.59. The number of rotatable bonds is 15. The number of nitrogens with two attached hydrogens (primary N) is 1. The Bertz CT molecular complexity index is 1600. The molecular weight excluding hydrogens is 628 g/mol.